The molecular weight excluding hydrogens is 168 g/mol. The van der Waals surface area contributed by atoms with Gasteiger partial charge in [-0.3, -0.25) is 0 Å². The maximum atomic E-state index is 5.57. The lowest BCUT2D eigenvalue weighted by molar-refractivity contribution is 0.638. The summed E-state index contributed by atoms with van der Waals surface area (Å²) in [5, 5.41) is 0. The molecule has 72 valence electrons. The second-order valence-corrected chi connectivity index (χ2v) is 3.90. The zero-order valence-corrected chi connectivity index (χ0v) is 9.16. The third-order valence-corrected chi connectivity index (χ3v) is 2.16. The van der Waals surface area contributed by atoms with Gasteiger partial charge in [0.25, 0.3) is 0 Å². The molecule has 0 aromatic carbocycles. The number of hydrogen-bond acceptors (Lipinski definition) is 0. The van der Waals surface area contributed by atoms with Crippen molar-refractivity contribution in [3.8, 4) is 0 Å². The van der Waals surface area contributed by atoms with Crippen molar-refractivity contribution in [3.05, 3.63) is 11.6 Å². The van der Waals surface area contributed by atoms with Crippen LogP contribution in [0.5, 0.6) is 0 Å². The molecule has 0 aliphatic heterocycles. The van der Waals surface area contributed by atoms with Crippen molar-refractivity contribution >= 4 is 11.6 Å². The summed E-state index contributed by atoms with van der Waals surface area (Å²) in [5.74, 6) is 0.827. The molecule has 0 atom stereocenters. The number of halogens is 1. The molecular formula is C11H21Cl. The monoisotopic (exact) mass is 188 g/mol. The lowest BCUT2D eigenvalue weighted by Gasteiger charge is -1.97. The van der Waals surface area contributed by atoms with Crippen LogP contribution in [0.1, 0.15) is 52.4 Å². The van der Waals surface area contributed by atoms with E-state index in [4.69, 9.17) is 11.6 Å². The highest BCUT2D eigenvalue weighted by atomic mass is 35.5. The highest BCUT2D eigenvalue weighted by Crippen LogP contribution is 2.07. The van der Waals surface area contributed by atoms with Gasteiger partial charge in [-0.1, -0.05) is 30.9 Å². The Bertz CT molecular complexity index is 112. The van der Waals surface area contributed by atoms with E-state index in [1.165, 1.54) is 44.1 Å². The third kappa shape index (κ3) is 10.0. The van der Waals surface area contributed by atoms with Gasteiger partial charge >= 0.3 is 0 Å². The molecule has 0 rings (SSSR count). The Morgan fingerprint density at radius 2 is 1.58 bits per heavy atom. The summed E-state index contributed by atoms with van der Waals surface area (Å²) in [6.07, 6.45) is 10.1. The summed E-state index contributed by atoms with van der Waals surface area (Å²) >= 11 is 5.57. The first-order chi connectivity index (χ1) is 5.77. The van der Waals surface area contributed by atoms with E-state index in [0.717, 1.165) is 5.88 Å². The molecule has 0 unspecified atom stereocenters. The van der Waals surface area contributed by atoms with Gasteiger partial charge < -0.3 is 0 Å². The van der Waals surface area contributed by atoms with Gasteiger partial charge in [0.15, 0.2) is 0 Å². The first kappa shape index (κ1) is 12.0. The molecule has 0 N–H and O–H groups in total. The number of allylic oxidation sites excluding steroid dienone is 2. The molecule has 0 aromatic rings. The molecule has 0 radical (unpaired) electrons. The van der Waals surface area contributed by atoms with E-state index in [1.54, 1.807) is 0 Å². The Morgan fingerprint density at radius 1 is 1.00 bits per heavy atom. The quantitative estimate of drug-likeness (QED) is 0.313. The highest BCUT2D eigenvalue weighted by Gasteiger charge is 1.88. The van der Waals surface area contributed by atoms with Gasteiger partial charge in [-0.25, -0.2) is 0 Å². The Labute approximate surface area is 82.0 Å². The Balaban J connectivity index is 2.96. The zero-order valence-electron chi connectivity index (χ0n) is 8.41. The molecule has 0 amide bonds. The molecule has 0 nitrogen and oxygen atoms in total. The summed E-state index contributed by atoms with van der Waals surface area (Å²) in [6, 6.07) is 0. The van der Waals surface area contributed by atoms with Crippen LogP contribution in [0.3, 0.4) is 0 Å². The fourth-order valence-electron chi connectivity index (χ4n) is 1.16. The molecule has 0 saturated heterocycles. The molecule has 1 heteroatoms. The van der Waals surface area contributed by atoms with Crippen molar-refractivity contribution in [2.24, 2.45) is 0 Å². The molecule has 0 heterocycles. The first-order valence-electron chi connectivity index (χ1n) is 4.96. The minimum atomic E-state index is 0.827. The van der Waals surface area contributed by atoms with Gasteiger partial charge in [0.1, 0.15) is 0 Å². The topological polar surface area (TPSA) is 0 Å². The molecule has 0 aliphatic carbocycles. The van der Waals surface area contributed by atoms with Gasteiger partial charge in [0.05, 0.1) is 0 Å². The fraction of sp³-hybridized carbons (Fsp3) is 0.818. The summed E-state index contributed by atoms with van der Waals surface area (Å²) in [7, 11) is 0. The van der Waals surface area contributed by atoms with Gasteiger partial charge in [0, 0.05) is 5.88 Å². The van der Waals surface area contributed by atoms with Crippen LogP contribution < -0.4 is 0 Å². The third-order valence-electron chi connectivity index (χ3n) is 1.89. The van der Waals surface area contributed by atoms with Crippen LogP contribution in [0, 0.1) is 0 Å². The van der Waals surface area contributed by atoms with Crippen molar-refractivity contribution in [1.82, 2.24) is 0 Å². The second-order valence-electron chi connectivity index (χ2n) is 3.53. The minimum Gasteiger partial charge on any atom is -0.127 e. The van der Waals surface area contributed by atoms with E-state index in [-0.39, 0.29) is 0 Å². The molecule has 0 saturated carbocycles. The van der Waals surface area contributed by atoms with Crippen molar-refractivity contribution in [3.63, 3.8) is 0 Å². The van der Waals surface area contributed by atoms with Crippen LogP contribution in [0.15, 0.2) is 11.6 Å². The normalized spacial score (nSPS) is 9.92. The number of rotatable bonds is 7. The van der Waals surface area contributed by atoms with Gasteiger partial charge in [-0.2, -0.15) is 0 Å². The van der Waals surface area contributed by atoms with Crippen molar-refractivity contribution in [1.29, 1.82) is 0 Å². The van der Waals surface area contributed by atoms with Crippen LogP contribution in [0.4, 0.5) is 0 Å². The Morgan fingerprint density at radius 3 is 2.17 bits per heavy atom. The van der Waals surface area contributed by atoms with Crippen LogP contribution >= 0.6 is 11.6 Å². The number of hydrogen-bond donors (Lipinski definition) is 0. The molecule has 0 aliphatic rings. The van der Waals surface area contributed by atoms with Crippen molar-refractivity contribution in [2.75, 3.05) is 5.88 Å². The molecule has 0 fully saturated rings. The second kappa shape index (κ2) is 9.12. The van der Waals surface area contributed by atoms with E-state index in [2.05, 4.69) is 19.9 Å². The predicted molar refractivity (Wildman–Crippen MR) is 57.9 cm³/mol. The molecule has 0 spiro atoms. The lowest BCUT2D eigenvalue weighted by Crippen LogP contribution is -1.79. The average Bonchev–Trinajstić information content (AvgIpc) is 2.02. The molecule has 12 heavy (non-hydrogen) atoms. The Hall–Kier alpha value is 0.0300. The lowest BCUT2D eigenvalue weighted by atomic mass is 10.1. The Kier molecular flexibility index (Phi) is 9.14. The van der Waals surface area contributed by atoms with Crippen molar-refractivity contribution in [2.45, 2.75) is 52.4 Å². The smallest absolute Gasteiger partial charge is 0.0223 e. The van der Waals surface area contributed by atoms with Crippen LogP contribution in [0.2, 0.25) is 0 Å². The maximum Gasteiger partial charge on any atom is 0.0223 e. The van der Waals surface area contributed by atoms with Gasteiger partial charge in [0.2, 0.25) is 0 Å². The molecule has 0 aromatic heterocycles. The van der Waals surface area contributed by atoms with E-state index >= 15 is 0 Å². The fourth-order valence-corrected chi connectivity index (χ4v) is 1.35. The average molecular weight is 189 g/mol. The van der Waals surface area contributed by atoms with Crippen LogP contribution in [0.25, 0.3) is 0 Å². The number of alkyl halides is 1. The van der Waals surface area contributed by atoms with Gasteiger partial charge in [-0.05, 0) is 33.1 Å². The highest BCUT2D eigenvalue weighted by molar-refractivity contribution is 6.17. The largest absolute Gasteiger partial charge is 0.127 e. The summed E-state index contributed by atoms with van der Waals surface area (Å²) in [5.41, 5.74) is 1.44. The summed E-state index contributed by atoms with van der Waals surface area (Å²) < 4.78 is 0. The van der Waals surface area contributed by atoms with E-state index in [0.29, 0.717) is 0 Å². The predicted octanol–water partition coefficient (Wildman–Crippen LogP) is 4.53. The standard InChI is InChI=1S/C11H21Cl/c1-11(2)9-7-5-3-4-6-8-10-12/h9H,3-8,10H2,1-2H3. The SMILES string of the molecule is CC(C)=CCCCCCCCCl. The van der Waals surface area contributed by atoms with E-state index in [1.807, 2.05) is 0 Å². The van der Waals surface area contributed by atoms with Crippen LogP contribution in [-0.4, -0.2) is 5.88 Å². The van der Waals surface area contributed by atoms with E-state index < -0.39 is 0 Å². The number of unbranched alkanes of at least 4 members (excludes halogenated alkanes) is 5. The summed E-state index contributed by atoms with van der Waals surface area (Å²) in [4.78, 5) is 0. The first-order valence-corrected chi connectivity index (χ1v) is 5.50. The van der Waals surface area contributed by atoms with Gasteiger partial charge in [-0.15, -0.1) is 11.6 Å². The molecule has 0 bridgehead atoms. The maximum absolute atomic E-state index is 5.57. The summed E-state index contributed by atoms with van der Waals surface area (Å²) in [6.45, 7) is 4.32. The zero-order chi connectivity index (χ0) is 9.23. The van der Waals surface area contributed by atoms with Crippen LogP contribution in [-0.2, 0) is 0 Å². The van der Waals surface area contributed by atoms with Crippen molar-refractivity contribution < 1.29 is 0 Å². The van der Waals surface area contributed by atoms with E-state index in [9.17, 15) is 0 Å². The minimum absolute atomic E-state index is 0.827.